The zero-order chi connectivity index (χ0) is 21.9. The van der Waals surface area contributed by atoms with E-state index in [2.05, 4.69) is 30.2 Å². The van der Waals surface area contributed by atoms with Crippen molar-refractivity contribution in [2.45, 2.75) is 25.8 Å². The van der Waals surface area contributed by atoms with Gasteiger partial charge in [0.15, 0.2) is 5.82 Å². The lowest BCUT2D eigenvalue weighted by Crippen LogP contribution is -2.29. The Morgan fingerprint density at radius 1 is 1.07 bits per heavy atom. The number of benzene rings is 1. The summed E-state index contributed by atoms with van der Waals surface area (Å²) in [6, 6.07) is 0.876. The highest BCUT2D eigenvalue weighted by Gasteiger charge is 2.32. The highest BCUT2D eigenvalue weighted by Crippen LogP contribution is 2.33. The number of carbonyl (C=O) groups is 1. The first-order valence-electron chi connectivity index (χ1n) is 8.30. The lowest BCUT2D eigenvalue weighted by molar-refractivity contribution is -0.138. The average molecular weight is 428 g/mol. The Balaban J connectivity index is 1.89. The average Bonchev–Trinajstić information content (AvgIpc) is 3.21. The molecule has 1 amide bonds. The fraction of sp³-hybridized carbons (Fsp3) is 0.235. The molecule has 0 aliphatic rings. The van der Waals surface area contributed by atoms with E-state index in [1.807, 2.05) is 0 Å². The summed E-state index contributed by atoms with van der Waals surface area (Å²) >= 11 is 0. The number of amides is 1. The molecule has 2 heterocycles. The molecule has 0 aliphatic carbocycles. The number of hydrogen-bond donors (Lipinski definition) is 1. The number of carbonyl (C=O) groups excluding carboxylic acids is 1. The van der Waals surface area contributed by atoms with Crippen molar-refractivity contribution in [1.29, 1.82) is 0 Å². The summed E-state index contributed by atoms with van der Waals surface area (Å²) in [5, 5.41) is 10.3. The van der Waals surface area contributed by atoms with Gasteiger partial charge in [-0.25, -0.2) is 4.98 Å². The molecule has 0 saturated heterocycles. The van der Waals surface area contributed by atoms with Gasteiger partial charge in [0.05, 0.1) is 24.0 Å². The largest absolute Gasteiger partial charge is 0.435 e. The number of alkyl halides is 5. The standard InChI is InChI=1S/C17H13F5N6O2/c1-9(13-14(24-3-2-23-13)28-25-4-5-26-28)27-15(29)10-6-11(17(20,21)22)8-12(7-10)30-16(18)19/h2-9,16H,1H3,(H,27,29)/t9-/m0/s1. The van der Waals surface area contributed by atoms with Gasteiger partial charge in [-0.2, -0.15) is 32.1 Å². The summed E-state index contributed by atoms with van der Waals surface area (Å²) in [5.41, 5.74) is -1.59. The van der Waals surface area contributed by atoms with E-state index in [1.54, 1.807) is 0 Å². The molecule has 0 radical (unpaired) electrons. The molecule has 1 N–H and O–H groups in total. The van der Waals surface area contributed by atoms with Gasteiger partial charge in [0.1, 0.15) is 11.4 Å². The molecule has 13 heteroatoms. The molecule has 3 rings (SSSR count). The minimum atomic E-state index is -4.87. The van der Waals surface area contributed by atoms with Crippen molar-refractivity contribution < 1.29 is 31.5 Å². The second-order valence-corrected chi connectivity index (χ2v) is 5.90. The van der Waals surface area contributed by atoms with Crippen LogP contribution < -0.4 is 10.1 Å². The van der Waals surface area contributed by atoms with E-state index in [9.17, 15) is 26.7 Å². The minimum Gasteiger partial charge on any atom is -0.435 e. The van der Waals surface area contributed by atoms with E-state index < -0.39 is 41.6 Å². The number of hydrogen-bond acceptors (Lipinski definition) is 6. The van der Waals surface area contributed by atoms with Crippen LogP contribution >= 0.6 is 0 Å². The molecule has 1 atom stereocenters. The summed E-state index contributed by atoms with van der Waals surface area (Å²) in [6.45, 7) is -1.84. The van der Waals surface area contributed by atoms with Crippen molar-refractivity contribution in [3.8, 4) is 11.6 Å². The zero-order valence-electron chi connectivity index (χ0n) is 15.1. The fourth-order valence-electron chi connectivity index (χ4n) is 2.54. The number of halogens is 5. The molecular formula is C17H13F5N6O2. The lowest BCUT2D eigenvalue weighted by Gasteiger charge is -2.17. The van der Waals surface area contributed by atoms with Crippen molar-refractivity contribution in [2.24, 2.45) is 0 Å². The Labute approximate surface area is 165 Å². The molecular weight excluding hydrogens is 415 g/mol. The van der Waals surface area contributed by atoms with Gasteiger partial charge in [-0.15, -0.1) is 4.80 Å². The first-order valence-corrected chi connectivity index (χ1v) is 8.30. The van der Waals surface area contributed by atoms with E-state index in [-0.39, 0.29) is 11.5 Å². The van der Waals surface area contributed by atoms with Gasteiger partial charge in [-0.3, -0.25) is 9.78 Å². The van der Waals surface area contributed by atoms with Gasteiger partial charge in [-0.05, 0) is 25.1 Å². The molecule has 2 aromatic heterocycles. The molecule has 30 heavy (non-hydrogen) atoms. The molecule has 3 aromatic rings. The fourth-order valence-corrected chi connectivity index (χ4v) is 2.54. The normalized spacial score (nSPS) is 12.6. The van der Waals surface area contributed by atoms with E-state index in [0.717, 1.165) is 10.9 Å². The third-order valence-electron chi connectivity index (χ3n) is 3.79. The molecule has 8 nitrogen and oxygen atoms in total. The van der Waals surface area contributed by atoms with Crippen LogP contribution in [0.5, 0.6) is 5.75 Å². The van der Waals surface area contributed by atoms with E-state index in [1.165, 1.54) is 31.7 Å². The maximum absolute atomic E-state index is 13.1. The third-order valence-corrected chi connectivity index (χ3v) is 3.79. The maximum Gasteiger partial charge on any atom is 0.416 e. The number of aromatic nitrogens is 5. The monoisotopic (exact) mass is 428 g/mol. The molecule has 0 bridgehead atoms. The maximum atomic E-state index is 13.1. The Bertz CT molecular complexity index is 1030. The second kappa shape index (κ2) is 8.39. The van der Waals surface area contributed by atoms with Crippen molar-refractivity contribution >= 4 is 5.91 Å². The van der Waals surface area contributed by atoms with Crippen molar-refractivity contribution in [3.63, 3.8) is 0 Å². The Morgan fingerprint density at radius 2 is 1.73 bits per heavy atom. The van der Waals surface area contributed by atoms with Crippen LogP contribution in [0.15, 0.2) is 43.0 Å². The van der Waals surface area contributed by atoms with Gasteiger partial charge >= 0.3 is 12.8 Å². The van der Waals surface area contributed by atoms with Crippen LogP contribution in [0, 0.1) is 0 Å². The molecule has 0 spiro atoms. The summed E-state index contributed by atoms with van der Waals surface area (Å²) in [6.07, 6.45) is 0.650. The van der Waals surface area contributed by atoms with Gasteiger partial charge in [0, 0.05) is 18.0 Å². The Kier molecular flexibility index (Phi) is 5.89. The quantitative estimate of drug-likeness (QED) is 0.606. The molecule has 0 unspecified atom stereocenters. The van der Waals surface area contributed by atoms with Crippen molar-refractivity contribution in [2.75, 3.05) is 0 Å². The van der Waals surface area contributed by atoms with Gasteiger partial charge in [0.25, 0.3) is 5.91 Å². The van der Waals surface area contributed by atoms with Crippen LogP contribution in [0.4, 0.5) is 22.0 Å². The van der Waals surface area contributed by atoms with Gasteiger partial charge in [0.2, 0.25) is 0 Å². The van der Waals surface area contributed by atoms with E-state index >= 15 is 0 Å². The second-order valence-electron chi connectivity index (χ2n) is 5.90. The summed E-state index contributed by atoms with van der Waals surface area (Å²) < 4.78 is 68.2. The van der Waals surface area contributed by atoms with Crippen LogP contribution in [0.1, 0.15) is 34.6 Å². The SMILES string of the molecule is C[C@H](NC(=O)c1cc(OC(F)F)cc(C(F)(F)F)c1)c1nccnc1-n1nccn1. The summed E-state index contributed by atoms with van der Waals surface area (Å²) in [4.78, 5) is 21.9. The third kappa shape index (κ3) is 4.85. The van der Waals surface area contributed by atoms with Crippen LogP contribution in [0.3, 0.4) is 0 Å². The van der Waals surface area contributed by atoms with Crippen LogP contribution in [-0.4, -0.2) is 37.5 Å². The first kappa shape index (κ1) is 21.1. The smallest absolute Gasteiger partial charge is 0.416 e. The number of nitrogens with zero attached hydrogens (tertiary/aromatic N) is 5. The topological polar surface area (TPSA) is 94.8 Å². The molecule has 0 saturated carbocycles. The molecule has 0 fully saturated rings. The van der Waals surface area contributed by atoms with Crippen LogP contribution in [-0.2, 0) is 6.18 Å². The number of nitrogens with one attached hydrogen (secondary N) is 1. The first-order chi connectivity index (χ1) is 14.1. The highest BCUT2D eigenvalue weighted by atomic mass is 19.4. The van der Waals surface area contributed by atoms with E-state index in [0.29, 0.717) is 12.1 Å². The lowest BCUT2D eigenvalue weighted by atomic mass is 10.1. The Hall–Kier alpha value is -3.64. The van der Waals surface area contributed by atoms with Crippen molar-refractivity contribution in [3.05, 3.63) is 59.8 Å². The zero-order valence-corrected chi connectivity index (χ0v) is 15.1. The number of ether oxygens (including phenoxy) is 1. The van der Waals surface area contributed by atoms with Crippen LogP contribution in [0.25, 0.3) is 5.82 Å². The predicted molar refractivity (Wildman–Crippen MR) is 90.9 cm³/mol. The molecule has 0 aliphatic heterocycles. The summed E-state index contributed by atoms with van der Waals surface area (Å²) in [5.74, 6) is -1.56. The van der Waals surface area contributed by atoms with Gasteiger partial charge < -0.3 is 10.1 Å². The molecule has 1 aromatic carbocycles. The molecule has 158 valence electrons. The predicted octanol–water partition coefficient (Wildman–Crippen LogP) is 3.17. The summed E-state index contributed by atoms with van der Waals surface area (Å²) in [7, 11) is 0. The van der Waals surface area contributed by atoms with Crippen LogP contribution in [0.2, 0.25) is 0 Å². The van der Waals surface area contributed by atoms with Crippen molar-refractivity contribution in [1.82, 2.24) is 30.3 Å². The minimum absolute atomic E-state index is 0.195. The number of rotatable bonds is 6. The van der Waals surface area contributed by atoms with Gasteiger partial charge in [-0.1, -0.05) is 0 Å². The Morgan fingerprint density at radius 3 is 2.37 bits per heavy atom. The van der Waals surface area contributed by atoms with E-state index in [4.69, 9.17) is 0 Å². The highest BCUT2D eigenvalue weighted by molar-refractivity contribution is 5.95.